The van der Waals surface area contributed by atoms with E-state index in [4.69, 9.17) is 5.73 Å². The van der Waals surface area contributed by atoms with Gasteiger partial charge in [-0.25, -0.2) is 9.97 Å². The molecule has 5 heteroatoms. The summed E-state index contributed by atoms with van der Waals surface area (Å²) >= 11 is 4.99. The number of nitrogens with two attached hydrogens (primary N) is 1. The molecule has 88 valence electrons. The van der Waals surface area contributed by atoms with Gasteiger partial charge in [-0.2, -0.15) is 0 Å². The summed E-state index contributed by atoms with van der Waals surface area (Å²) in [5, 5.41) is 1.80. The lowest BCUT2D eigenvalue weighted by molar-refractivity contribution is 0.779. The van der Waals surface area contributed by atoms with Gasteiger partial charge in [-0.3, -0.25) is 0 Å². The van der Waals surface area contributed by atoms with E-state index in [9.17, 15) is 0 Å². The van der Waals surface area contributed by atoms with Crippen molar-refractivity contribution in [1.29, 1.82) is 0 Å². The Hall–Kier alpha value is -0.910. The van der Waals surface area contributed by atoms with Crippen molar-refractivity contribution in [1.82, 2.24) is 9.97 Å². The second-order valence-corrected chi connectivity index (χ2v) is 5.41. The molecule has 2 N–H and O–H groups in total. The van der Waals surface area contributed by atoms with E-state index in [0.717, 1.165) is 20.1 Å². The van der Waals surface area contributed by atoms with E-state index < -0.39 is 0 Å². The van der Waals surface area contributed by atoms with Gasteiger partial charge in [0.1, 0.15) is 10.1 Å². The molecule has 2 rings (SSSR count). The van der Waals surface area contributed by atoms with Gasteiger partial charge in [0.15, 0.2) is 0 Å². The fourth-order valence-corrected chi connectivity index (χ4v) is 2.82. The number of halogens is 1. The lowest BCUT2D eigenvalue weighted by Gasteiger charge is -2.10. The zero-order valence-electron chi connectivity index (χ0n) is 9.30. The third-order valence-corrected chi connectivity index (χ3v) is 4.16. The van der Waals surface area contributed by atoms with Gasteiger partial charge < -0.3 is 5.73 Å². The summed E-state index contributed by atoms with van der Waals surface area (Å²) in [5.41, 5.74) is 6.96. The van der Waals surface area contributed by atoms with Gasteiger partial charge in [0.2, 0.25) is 0 Å². The first-order chi connectivity index (χ1) is 8.18. The molecule has 17 heavy (non-hydrogen) atoms. The van der Waals surface area contributed by atoms with Gasteiger partial charge >= 0.3 is 0 Å². The maximum atomic E-state index is 5.92. The maximum Gasteiger partial charge on any atom is 0.116 e. The lowest BCUT2D eigenvalue weighted by atomic mass is 10.2. The van der Waals surface area contributed by atoms with Crippen molar-refractivity contribution in [3.8, 4) is 0 Å². The Labute approximate surface area is 113 Å². The highest BCUT2D eigenvalue weighted by atomic mass is 79.9. The minimum Gasteiger partial charge on any atom is -0.324 e. The molecular weight excluding hydrogens is 298 g/mol. The largest absolute Gasteiger partial charge is 0.324 e. The normalized spacial score (nSPS) is 12.4. The van der Waals surface area contributed by atoms with E-state index in [1.165, 1.54) is 11.8 Å². The summed E-state index contributed by atoms with van der Waals surface area (Å²) in [7, 11) is 0. The monoisotopic (exact) mass is 309 g/mol. The molecule has 0 aliphatic rings. The predicted octanol–water partition coefficient (Wildman–Crippen LogP) is 3.41. The van der Waals surface area contributed by atoms with Crippen molar-refractivity contribution < 1.29 is 0 Å². The fraction of sp³-hybridized carbons (Fsp3) is 0.167. The molecule has 0 fully saturated rings. The van der Waals surface area contributed by atoms with E-state index in [1.54, 1.807) is 12.4 Å². The standard InChI is InChI=1S/C12H12BrN3S/c1-8(14)9-4-2-6-15-11(9)17-12-10(13)5-3-7-16-12/h2-8H,14H2,1H3. The molecule has 0 saturated heterocycles. The zero-order chi connectivity index (χ0) is 12.3. The predicted molar refractivity (Wildman–Crippen MR) is 72.9 cm³/mol. The highest BCUT2D eigenvalue weighted by Gasteiger charge is 2.11. The number of hydrogen-bond donors (Lipinski definition) is 1. The van der Waals surface area contributed by atoms with E-state index in [1.807, 2.05) is 31.2 Å². The van der Waals surface area contributed by atoms with Crippen LogP contribution in [-0.2, 0) is 0 Å². The molecule has 2 heterocycles. The Morgan fingerprint density at radius 1 is 1.18 bits per heavy atom. The topological polar surface area (TPSA) is 51.8 Å². The van der Waals surface area contributed by atoms with Crippen molar-refractivity contribution in [3.05, 3.63) is 46.7 Å². The van der Waals surface area contributed by atoms with Crippen LogP contribution in [0.1, 0.15) is 18.5 Å². The summed E-state index contributed by atoms with van der Waals surface area (Å²) in [6.45, 7) is 1.95. The van der Waals surface area contributed by atoms with E-state index in [-0.39, 0.29) is 6.04 Å². The second-order valence-electron chi connectivity index (χ2n) is 3.58. The summed E-state index contributed by atoms with van der Waals surface area (Å²) in [6, 6.07) is 7.71. The maximum absolute atomic E-state index is 5.92. The Bertz CT molecular complexity index is 517. The van der Waals surface area contributed by atoms with Crippen molar-refractivity contribution in [2.24, 2.45) is 5.73 Å². The third kappa shape index (κ3) is 3.06. The Morgan fingerprint density at radius 2 is 1.82 bits per heavy atom. The van der Waals surface area contributed by atoms with Crippen LogP contribution in [0.5, 0.6) is 0 Å². The molecule has 1 unspecified atom stereocenters. The lowest BCUT2D eigenvalue weighted by Crippen LogP contribution is -2.07. The Kier molecular flexibility index (Phi) is 4.15. The average molecular weight is 310 g/mol. The molecule has 0 bridgehead atoms. The number of hydrogen-bond acceptors (Lipinski definition) is 4. The van der Waals surface area contributed by atoms with Crippen LogP contribution in [0.4, 0.5) is 0 Å². The Balaban J connectivity index is 2.34. The summed E-state index contributed by atoms with van der Waals surface area (Å²) < 4.78 is 0.964. The fourth-order valence-electron chi connectivity index (χ4n) is 1.37. The number of pyridine rings is 2. The van der Waals surface area contributed by atoms with Crippen LogP contribution in [0.2, 0.25) is 0 Å². The molecule has 0 saturated carbocycles. The summed E-state index contributed by atoms with van der Waals surface area (Å²) in [4.78, 5) is 8.67. The smallest absolute Gasteiger partial charge is 0.116 e. The third-order valence-electron chi connectivity index (χ3n) is 2.21. The number of rotatable bonds is 3. The van der Waals surface area contributed by atoms with Crippen LogP contribution in [0.15, 0.2) is 51.2 Å². The van der Waals surface area contributed by atoms with Gasteiger partial charge in [0.25, 0.3) is 0 Å². The van der Waals surface area contributed by atoms with Crippen molar-refractivity contribution >= 4 is 27.7 Å². The summed E-state index contributed by atoms with van der Waals surface area (Å²) in [6.07, 6.45) is 3.53. The molecule has 2 aromatic heterocycles. The molecule has 1 atom stereocenters. The highest BCUT2D eigenvalue weighted by molar-refractivity contribution is 9.10. The number of nitrogens with zero attached hydrogens (tertiary/aromatic N) is 2. The molecule has 0 amide bonds. The Morgan fingerprint density at radius 3 is 2.47 bits per heavy atom. The molecule has 2 aromatic rings. The quantitative estimate of drug-likeness (QED) is 0.944. The first kappa shape index (κ1) is 12.5. The van der Waals surface area contributed by atoms with Crippen LogP contribution in [0.3, 0.4) is 0 Å². The van der Waals surface area contributed by atoms with E-state index in [0.29, 0.717) is 0 Å². The molecule has 0 aliphatic carbocycles. The molecule has 0 radical (unpaired) electrons. The van der Waals surface area contributed by atoms with Gasteiger partial charge in [0.05, 0.1) is 4.47 Å². The van der Waals surface area contributed by atoms with Crippen molar-refractivity contribution in [2.75, 3.05) is 0 Å². The molecule has 0 aromatic carbocycles. The SMILES string of the molecule is CC(N)c1cccnc1Sc1ncccc1Br. The first-order valence-corrected chi connectivity index (χ1v) is 6.78. The van der Waals surface area contributed by atoms with E-state index >= 15 is 0 Å². The van der Waals surface area contributed by atoms with Gasteiger partial charge in [-0.1, -0.05) is 6.07 Å². The first-order valence-electron chi connectivity index (χ1n) is 5.17. The zero-order valence-corrected chi connectivity index (χ0v) is 11.7. The minimum absolute atomic E-state index is 0.0336. The summed E-state index contributed by atoms with van der Waals surface area (Å²) in [5.74, 6) is 0. The minimum atomic E-state index is -0.0336. The number of aromatic nitrogens is 2. The average Bonchev–Trinajstić information content (AvgIpc) is 2.32. The van der Waals surface area contributed by atoms with Crippen LogP contribution in [0.25, 0.3) is 0 Å². The van der Waals surface area contributed by atoms with Crippen molar-refractivity contribution in [2.45, 2.75) is 23.0 Å². The highest BCUT2D eigenvalue weighted by Crippen LogP contribution is 2.33. The molecule has 0 aliphatic heterocycles. The van der Waals surface area contributed by atoms with Crippen molar-refractivity contribution in [3.63, 3.8) is 0 Å². The van der Waals surface area contributed by atoms with Gasteiger partial charge in [-0.05, 0) is 52.8 Å². The van der Waals surface area contributed by atoms with Gasteiger partial charge in [-0.15, -0.1) is 0 Å². The molecule has 0 spiro atoms. The molecular formula is C12H12BrN3S. The second kappa shape index (κ2) is 5.62. The van der Waals surface area contributed by atoms with Crippen LogP contribution in [-0.4, -0.2) is 9.97 Å². The van der Waals surface area contributed by atoms with E-state index in [2.05, 4.69) is 25.9 Å². The van der Waals surface area contributed by atoms with Gasteiger partial charge in [0, 0.05) is 24.0 Å². The van der Waals surface area contributed by atoms with Crippen LogP contribution >= 0.6 is 27.7 Å². The van der Waals surface area contributed by atoms with Crippen LogP contribution in [0, 0.1) is 0 Å². The molecule has 3 nitrogen and oxygen atoms in total. The van der Waals surface area contributed by atoms with Crippen LogP contribution < -0.4 is 5.73 Å².